The second-order valence-corrected chi connectivity index (χ2v) is 5.93. The molecule has 0 aliphatic carbocycles. The van der Waals surface area contributed by atoms with Crippen LogP contribution in [0.1, 0.15) is 24.4 Å². The molecule has 2 saturated heterocycles. The largest absolute Gasteiger partial charge is 0.368 e. The maximum Gasteiger partial charge on any atom is 0.317 e. The van der Waals surface area contributed by atoms with E-state index in [4.69, 9.17) is 5.73 Å². The number of nitrogens with one attached hydrogen (secondary N) is 1. The molecule has 6 nitrogen and oxygen atoms in total. The Bertz CT molecular complexity index is 548. The van der Waals surface area contributed by atoms with Crippen LogP contribution in [-0.2, 0) is 4.79 Å². The van der Waals surface area contributed by atoms with E-state index in [1.54, 1.807) is 0 Å². The van der Waals surface area contributed by atoms with Gasteiger partial charge in [-0.3, -0.25) is 9.69 Å². The number of piperidine rings is 1. The SMILES string of the molecule is NC(=O)[C@H](c1ccccc1)N1CCC[C@@H](N2CCNC2=O)C1. The number of urea groups is 1. The molecule has 22 heavy (non-hydrogen) atoms. The molecule has 1 aromatic rings. The van der Waals surface area contributed by atoms with Gasteiger partial charge < -0.3 is 16.0 Å². The summed E-state index contributed by atoms with van der Waals surface area (Å²) in [5, 5.41) is 2.84. The van der Waals surface area contributed by atoms with Gasteiger partial charge in [-0.15, -0.1) is 0 Å². The van der Waals surface area contributed by atoms with E-state index in [2.05, 4.69) is 10.2 Å². The summed E-state index contributed by atoms with van der Waals surface area (Å²) in [6.45, 7) is 2.96. The minimum absolute atomic E-state index is 0.00202. The Morgan fingerprint density at radius 3 is 2.68 bits per heavy atom. The average Bonchev–Trinajstić information content (AvgIpc) is 2.95. The van der Waals surface area contributed by atoms with Crippen LogP contribution < -0.4 is 11.1 Å². The number of amides is 3. The molecule has 3 rings (SSSR count). The maximum atomic E-state index is 12.0. The second-order valence-electron chi connectivity index (χ2n) is 5.93. The molecule has 2 heterocycles. The Kier molecular flexibility index (Phi) is 4.29. The fraction of sp³-hybridized carbons (Fsp3) is 0.500. The topological polar surface area (TPSA) is 78.7 Å². The summed E-state index contributed by atoms with van der Waals surface area (Å²) in [5.74, 6) is -0.335. The highest BCUT2D eigenvalue weighted by molar-refractivity contribution is 5.81. The van der Waals surface area contributed by atoms with Crippen LogP contribution in [0, 0.1) is 0 Å². The third kappa shape index (κ3) is 2.92. The number of rotatable bonds is 4. The van der Waals surface area contributed by atoms with Crippen molar-refractivity contribution in [1.82, 2.24) is 15.1 Å². The molecule has 2 aliphatic rings. The molecule has 0 unspecified atom stereocenters. The van der Waals surface area contributed by atoms with Gasteiger partial charge in [0.15, 0.2) is 0 Å². The van der Waals surface area contributed by atoms with Crippen LogP contribution in [0.25, 0.3) is 0 Å². The summed E-state index contributed by atoms with van der Waals surface area (Å²) < 4.78 is 0. The second kappa shape index (κ2) is 6.36. The number of nitrogens with zero attached hydrogens (tertiary/aromatic N) is 2. The summed E-state index contributed by atoms with van der Waals surface area (Å²) in [4.78, 5) is 27.8. The fourth-order valence-corrected chi connectivity index (χ4v) is 3.50. The highest BCUT2D eigenvalue weighted by Crippen LogP contribution is 2.26. The highest BCUT2D eigenvalue weighted by Gasteiger charge is 2.35. The van der Waals surface area contributed by atoms with Gasteiger partial charge in [0.1, 0.15) is 6.04 Å². The number of carbonyl (C=O) groups is 2. The molecule has 2 fully saturated rings. The van der Waals surface area contributed by atoms with Crippen LogP contribution in [0.5, 0.6) is 0 Å². The molecule has 0 bridgehead atoms. The zero-order valence-electron chi connectivity index (χ0n) is 12.6. The fourth-order valence-electron chi connectivity index (χ4n) is 3.50. The van der Waals surface area contributed by atoms with Gasteiger partial charge in [-0.05, 0) is 24.9 Å². The Morgan fingerprint density at radius 1 is 1.27 bits per heavy atom. The van der Waals surface area contributed by atoms with E-state index in [1.165, 1.54) is 0 Å². The molecule has 0 aromatic heterocycles. The number of hydrogen-bond acceptors (Lipinski definition) is 3. The maximum absolute atomic E-state index is 12.0. The molecule has 1 aromatic carbocycles. The van der Waals surface area contributed by atoms with Crippen molar-refractivity contribution in [3.63, 3.8) is 0 Å². The van der Waals surface area contributed by atoms with Gasteiger partial charge in [0.2, 0.25) is 5.91 Å². The first-order valence-electron chi connectivity index (χ1n) is 7.79. The Balaban J connectivity index is 1.77. The lowest BCUT2D eigenvalue weighted by Crippen LogP contribution is -2.51. The number of benzene rings is 1. The van der Waals surface area contributed by atoms with Crippen LogP contribution in [0.15, 0.2) is 30.3 Å². The Hall–Kier alpha value is -2.08. The van der Waals surface area contributed by atoms with Gasteiger partial charge in [0.05, 0.1) is 0 Å². The minimum atomic E-state index is -0.422. The smallest absolute Gasteiger partial charge is 0.317 e. The standard InChI is InChI=1S/C16H22N4O2/c17-15(21)14(12-5-2-1-3-6-12)19-9-4-7-13(11-19)20-10-8-18-16(20)22/h1-3,5-6,13-14H,4,7-11H2,(H2,17,21)(H,18,22)/t13-,14+/m1/s1. The van der Waals surface area contributed by atoms with Crippen LogP contribution in [0.2, 0.25) is 0 Å². The van der Waals surface area contributed by atoms with Gasteiger partial charge in [-0.25, -0.2) is 4.79 Å². The molecule has 2 aliphatic heterocycles. The van der Waals surface area contributed by atoms with Crippen molar-refractivity contribution in [3.05, 3.63) is 35.9 Å². The molecule has 3 N–H and O–H groups in total. The van der Waals surface area contributed by atoms with Gasteiger partial charge in [0.25, 0.3) is 0 Å². The summed E-state index contributed by atoms with van der Waals surface area (Å²) in [6, 6.07) is 9.36. The quantitative estimate of drug-likeness (QED) is 0.859. The molecule has 0 spiro atoms. The van der Waals surface area contributed by atoms with Crippen molar-refractivity contribution in [2.24, 2.45) is 5.73 Å². The minimum Gasteiger partial charge on any atom is -0.368 e. The van der Waals surface area contributed by atoms with E-state index in [-0.39, 0.29) is 18.0 Å². The molecule has 6 heteroatoms. The summed E-state index contributed by atoms with van der Waals surface area (Å²) >= 11 is 0. The monoisotopic (exact) mass is 302 g/mol. The van der Waals surface area contributed by atoms with Crippen molar-refractivity contribution < 1.29 is 9.59 Å². The average molecular weight is 302 g/mol. The van der Waals surface area contributed by atoms with Crippen LogP contribution in [0.4, 0.5) is 4.79 Å². The Labute approximate surface area is 130 Å². The van der Waals surface area contributed by atoms with Crippen molar-refractivity contribution in [2.45, 2.75) is 24.9 Å². The predicted molar refractivity (Wildman–Crippen MR) is 83.1 cm³/mol. The molecule has 0 radical (unpaired) electrons. The Morgan fingerprint density at radius 2 is 2.05 bits per heavy atom. The van der Waals surface area contributed by atoms with Crippen LogP contribution in [-0.4, -0.2) is 54.0 Å². The van der Waals surface area contributed by atoms with Crippen molar-refractivity contribution in [2.75, 3.05) is 26.2 Å². The molecular formula is C16H22N4O2. The van der Waals surface area contributed by atoms with E-state index in [9.17, 15) is 9.59 Å². The van der Waals surface area contributed by atoms with Gasteiger partial charge in [-0.1, -0.05) is 30.3 Å². The summed E-state index contributed by atoms with van der Waals surface area (Å²) in [6.07, 6.45) is 1.94. The lowest BCUT2D eigenvalue weighted by molar-refractivity contribution is -0.124. The number of carbonyl (C=O) groups excluding carboxylic acids is 2. The van der Waals surface area contributed by atoms with Crippen LogP contribution in [0.3, 0.4) is 0 Å². The zero-order valence-corrected chi connectivity index (χ0v) is 12.6. The normalized spacial score (nSPS) is 24.1. The molecule has 118 valence electrons. The molecule has 0 saturated carbocycles. The number of primary amides is 1. The van der Waals surface area contributed by atoms with Crippen molar-refractivity contribution in [3.8, 4) is 0 Å². The van der Waals surface area contributed by atoms with E-state index >= 15 is 0 Å². The summed E-state index contributed by atoms with van der Waals surface area (Å²) in [7, 11) is 0. The van der Waals surface area contributed by atoms with Crippen molar-refractivity contribution >= 4 is 11.9 Å². The van der Waals surface area contributed by atoms with Gasteiger partial charge in [-0.2, -0.15) is 0 Å². The molecule has 3 amide bonds. The first kappa shape index (κ1) is 14.8. The number of hydrogen-bond donors (Lipinski definition) is 2. The first-order valence-corrected chi connectivity index (χ1v) is 7.79. The molecule has 2 atom stereocenters. The van der Waals surface area contributed by atoms with E-state index < -0.39 is 6.04 Å². The number of likely N-dealkylation sites (tertiary alicyclic amines) is 1. The predicted octanol–water partition coefficient (Wildman–Crippen LogP) is 0.703. The van der Waals surface area contributed by atoms with E-state index in [0.29, 0.717) is 13.1 Å². The van der Waals surface area contributed by atoms with Gasteiger partial charge in [0, 0.05) is 25.7 Å². The van der Waals surface area contributed by atoms with Crippen molar-refractivity contribution in [1.29, 1.82) is 0 Å². The highest BCUT2D eigenvalue weighted by atomic mass is 16.2. The lowest BCUT2D eigenvalue weighted by atomic mass is 9.98. The third-order valence-corrected chi connectivity index (χ3v) is 4.51. The van der Waals surface area contributed by atoms with E-state index in [0.717, 1.165) is 31.5 Å². The first-order chi connectivity index (χ1) is 10.7. The number of nitrogens with two attached hydrogens (primary N) is 1. The molecular weight excluding hydrogens is 280 g/mol. The van der Waals surface area contributed by atoms with Gasteiger partial charge >= 0.3 is 6.03 Å². The lowest BCUT2D eigenvalue weighted by Gasteiger charge is -2.40. The van der Waals surface area contributed by atoms with Crippen LogP contribution >= 0.6 is 0 Å². The van der Waals surface area contributed by atoms with E-state index in [1.807, 2.05) is 35.2 Å². The summed E-state index contributed by atoms with van der Waals surface area (Å²) in [5.41, 5.74) is 6.57. The third-order valence-electron chi connectivity index (χ3n) is 4.51. The zero-order chi connectivity index (χ0) is 15.5.